The third-order valence-corrected chi connectivity index (χ3v) is 2.02. The van der Waals surface area contributed by atoms with E-state index in [9.17, 15) is 0 Å². The molecule has 0 aliphatic heterocycles. The highest BCUT2D eigenvalue weighted by Gasteiger charge is 2.09. The van der Waals surface area contributed by atoms with Gasteiger partial charge in [0.15, 0.2) is 5.82 Å². The maximum Gasteiger partial charge on any atom is 0.196 e. The predicted octanol–water partition coefficient (Wildman–Crippen LogP) is 0.955. The number of nitrogens with zero attached hydrogens (tertiary/aromatic N) is 3. The summed E-state index contributed by atoms with van der Waals surface area (Å²) in [5.41, 5.74) is 7.32. The molecule has 1 unspecified atom stereocenters. The minimum Gasteiger partial charge on any atom is -0.399 e. The number of nitrogens with two attached hydrogens (primary N) is 1. The summed E-state index contributed by atoms with van der Waals surface area (Å²) >= 11 is 0. The first kappa shape index (κ1) is 9.45. The smallest absolute Gasteiger partial charge is 0.196 e. The van der Waals surface area contributed by atoms with E-state index in [0.29, 0.717) is 5.82 Å². The van der Waals surface area contributed by atoms with Crippen LogP contribution in [0.2, 0.25) is 0 Å². The Hall–Kier alpha value is -2.11. The van der Waals surface area contributed by atoms with Gasteiger partial charge < -0.3 is 11.1 Å². The van der Waals surface area contributed by atoms with Gasteiger partial charge in [-0.2, -0.15) is 5.21 Å². The van der Waals surface area contributed by atoms with Crippen LogP contribution in [0.4, 0.5) is 11.4 Å². The number of anilines is 2. The Labute approximate surface area is 86.9 Å². The number of hydrogen-bond acceptors (Lipinski definition) is 5. The molecule has 0 amide bonds. The van der Waals surface area contributed by atoms with Gasteiger partial charge in [-0.05, 0) is 25.1 Å². The molecule has 0 aliphatic carbocycles. The molecule has 0 fully saturated rings. The molecule has 0 saturated heterocycles. The molecule has 0 bridgehead atoms. The van der Waals surface area contributed by atoms with Crippen molar-refractivity contribution < 1.29 is 0 Å². The van der Waals surface area contributed by atoms with Gasteiger partial charge in [-0.15, -0.1) is 10.2 Å². The zero-order valence-electron chi connectivity index (χ0n) is 8.31. The maximum atomic E-state index is 5.66. The van der Waals surface area contributed by atoms with Crippen molar-refractivity contribution in [1.82, 2.24) is 20.6 Å². The Morgan fingerprint density at radius 3 is 3.00 bits per heavy atom. The fourth-order valence-electron chi connectivity index (χ4n) is 1.30. The van der Waals surface area contributed by atoms with Crippen LogP contribution in [0.5, 0.6) is 0 Å². The number of benzene rings is 1. The molecule has 0 aliphatic rings. The van der Waals surface area contributed by atoms with Crippen LogP contribution in [0.3, 0.4) is 0 Å². The summed E-state index contributed by atoms with van der Waals surface area (Å²) in [4.78, 5) is 0. The normalized spacial score (nSPS) is 12.3. The van der Waals surface area contributed by atoms with Gasteiger partial charge in [0.25, 0.3) is 0 Å². The molecule has 15 heavy (non-hydrogen) atoms. The van der Waals surface area contributed by atoms with Crippen LogP contribution >= 0.6 is 0 Å². The lowest BCUT2D eigenvalue weighted by molar-refractivity contribution is 0.793. The Morgan fingerprint density at radius 1 is 1.47 bits per heavy atom. The van der Waals surface area contributed by atoms with Crippen LogP contribution in [0.1, 0.15) is 18.8 Å². The fourth-order valence-corrected chi connectivity index (χ4v) is 1.30. The first-order valence-electron chi connectivity index (χ1n) is 4.61. The van der Waals surface area contributed by atoms with Crippen molar-refractivity contribution in [3.63, 3.8) is 0 Å². The summed E-state index contributed by atoms with van der Waals surface area (Å²) in [5.74, 6) is 0.623. The minimum atomic E-state index is -0.00875. The summed E-state index contributed by atoms with van der Waals surface area (Å²) in [5, 5.41) is 16.9. The van der Waals surface area contributed by atoms with Crippen molar-refractivity contribution in [2.45, 2.75) is 13.0 Å². The number of H-pyrrole nitrogens is 1. The zero-order chi connectivity index (χ0) is 10.7. The van der Waals surface area contributed by atoms with Crippen LogP contribution < -0.4 is 11.1 Å². The Balaban J connectivity index is 2.09. The van der Waals surface area contributed by atoms with E-state index < -0.39 is 0 Å². The Bertz CT molecular complexity index is 424. The lowest BCUT2D eigenvalue weighted by atomic mass is 10.2. The molecule has 0 spiro atoms. The molecule has 4 N–H and O–H groups in total. The van der Waals surface area contributed by atoms with E-state index >= 15 is 0 Å². The van der Waals surface area contributed by atoms with E-state index in [4.69, 9.17) is 5.73 Å². The maximum absolute atomic E-state index is 5.66. The van der Waals surface area contributed by atoms with E-state index in [1.807, 2.05) is 31.2 Å². The average molecular weight is 204 g/mol. The number of tetrazole rings is 1. The van der Waals surface area contributed by atoms with Crippen molar-refractivity contribution in [2.24, 2.45) is 0 Å². The van der Waals surface area contributed by atoms with Gasteiger partial charge in [-0.25, -0.2) is 0 Å². The van der Waals surface area contributed by atoms with Gasteiger partial charge in [0.05, 0.1) is 6.04 Å². The largest absolute Gasteiger partial charge is 0.399 e. The molecular weight excluding hydrogens is 192 g/mol. The summed E-state index contributed by atoms with van der Waals surface area (Å²) in [6, 6.07) is 7.51. The minimum absolute atomic E-state index is 0.00875. The van der Waals surface area contributed by atoms with E-state index in [0.717, 1.165) is 11.4 Å². The zero-order valence-corrected chi connectivity index (χ0v) is 8.31. The average Bonchev–Trinajstić information content (AvgIpc) is 2.70. The molecule has 2 rings (SSSR count). The first-order valence-corrected chi connectivity index (χ1v) is 4.61. The SMILES string of the molecule is CC(Nc1cccc(N)c1)c1nn[nH]n1. The van der Waals surface area contributed by atoms with Gasteiger partial charge in [-0.1, -0.05) is 11.3 Å². The summed E-state index contributed by atoms with van der Waals surface area (Å²) in [6.45, 7) is 1.95. The molecule has 6 heteroatoms. The molecular formula is C9H12N6. The van der Waals surface area contributed by atoms with Crippen LogP contribution in [-0.2, 0) is 0 Å². The Kier molecular flexibility index (Phi) is 2.49. The van der Waals surface area contributed by atoms with Gasteiger partial charge >= 0.3 is 0 Å². The fraction of sp³-hybridized carbons (Fsp3) is 0.222. The van der Waals surface area contributed by atoms with Crippen molar-refractivity contribution in [1.29, 1.82) is 0 Å². The van der Waals surface area contributed by atoms with Gasteiger partial charge in [0.1, 0.15) is 0 Å². The van der Waals surface area contributed by atoms with Crippen molar-refractivity contribution in [3.8, 4) is 0 Å². The first-order chi connectivity index (χ1) is 7.25. The van der Waals surface area contributed by atoms with Gasteiger partial charge in [-0.3, -0.25) is 0 Å². The quantitative estimate of drug-likeness (QED) is 0.647. The second-order valence-electron chi connectivity index (χ2n) is 3.26. The monoisotopic (exact) mass is 204 g/mol. The third-order valence-electron chi connectivity index (χ3n) is 2.02. The number of nitrogens with one attached hydrogen (secondary N) is 2. The van der Waals surface area contributed by atoms with Crippen molar-refractivity contribution in [3.05, 3.63) is 30.1 Å². The molecule has 1 aromatic heterocycles. The highest BCUT2D eigenvalue weighted by atomic mass is 15.5. The highest BCUT2D eigenvalue weighted by Crippen LogP contribution is 2.17. The summed E-state index contributed by atoms with van der Waals surface area (Å²) < 4.78 is 0. The second kappa shape index (κ2) is 3.95. The number of rotatable bonds is 3. The second-order valence-corrected chi connectivity index (χ2v) is 3.26. The topological polar surface area (TPSA) is 92.5 Å². The molecule has 0 radical (unpaired) electrons. The standard InChI is InChI=1S/C9H12N6/c1-6(9-12-14-15-13-9)11-8-4-2-3-7(10)5-8/h2-6,11H,10H2,1H3,(H,12,13,14,15). The molecule has 78 valence electrons. The van der Waals surface area contributed by atoms with Gasteiger partial charge in [0, 0.05) is 11.4 Å². The third kappa shape index (κ3) is 2.22. The van der Waals surface area contributed by atoms with Crippen LogP contribution in [0.15, 0.2) is 24.3 Å². The van der Waals surface area contributed by atoms with E-state index in [2.05, 4.69) is 25.9 Å². The number of hydrogen-bond donors (Lipinski definition) is 3. The molecule has 2 aromatic rings. The summed E-state index contributed by atoms with van der Waals surface area (Å²) in [7, 11) is 0. The molecule has 1 aromatic carbocycles. The highest BCUT2D eigenvalue weighted by molar-refractivity contribution is 5.54. The van der Waals surface area contributed by atoms with E-state index in [1.165, 1.54) is 0 Å². The van der Waals surface area contributed by atoms with Crippen LogP contribution in [0, 0.1) is 0 Å². The lowest BCUT2D eigenvalue weighted by Gasteiger charge is -2.11. The lowest BCUT2D eigenvalue weighted by Crippen LogP contribution is -2.08. The molecule has 0 saturated carbocycles. The van der Waals surface area contributed by atoms with E-state index in [1.54, 1.807) is 0 Å². The van der Waals surface area contributed by atoms with Crippen LogP contribution in [-0.4, -0.2) is 20.6 Å². The Morgan fingerprint density at radius 2 is 2.33 bits per heavy atom. The van der Waals surface area contributed by atoms with E-state index in [-0.39, 0.29) is 6.04 Å². The number of aromatic nitrogens is 4. The molecule has 6 nitrogen and oxygen atoms in total. The predicted molar refractivity (Wildman–Crippen MR) is 57.1 cm³/mol. The van der Waals surface area contributed by atoms with Gasteiger partial charge in [0.2, 0.25) is 0 Å². The summed E-state index contributed by atoms with van der Waals surface area (Å²) in [6.07, 6.45) is 0. The number of nitrogen functional groups attached to an aromatic ring is 1. The molecule has 1 heterocycles. The molecule has 1 atom stereocenters. The van der Waals surface area contributed by atoms with Crippen molar-refractivity contribution in [2.75, 3.05) is 11.1 Å². The number of aromatic amines is 1. The van der Waals surface area contributed by atoms with Crippen LogP contribution in [0.25, 0.3) is 0 Å². The van der Waals surface area contributed by atoms with Crippen molar-refractivity contribution >= 4 is 11.4 Å².